The van der Waals surface area contributed by atoms with Crippen LogP contribution >= 0.6 is 0 Å². The van der Waals surface area contributed by atoms with Crippen molar-refractivity contribution in [3.05, 3.63) is 96.1 Å². The van der Waals surface area contributed by atoms with Gasteiger partial charge in [-0.25, -0.2) is 4.98 Å². The number of nitriles is 2. The van der Waals surface area contributed by atoms with E-state index in [1.807, 2.05) is 41.1 Å². The van der Waals surface area contributed by atoms with Gasteiger partial charge in [-0.1, -0.05) is 18.2 Å². The second-order valence-electron chi connectivity index (χ2n) is 6.72. The molecular weight excluding hydrogens is 362 g/mol. The van der Waals surface area contributed by atoms with Crippen LogP contribution in [0.1, 0.15) is 17.0 Å². The minimum atomic E-state index is -1.24. The van der Waals surface area contributed by atoms with Gasteiger partial charge in [0.25, 0.3) is 0 Å². The highest BCUT2D eigenvalue weighted by Crippen LogP contribution is 2.25. The third-order valence-corrected chi connectivity index (χ3v) is 4.70. The molecule has 0 saturated carbocycles. The van der Waals surface area contributed by atoms with E-state index in [1.165, 1.54) is 0 Å². The van der Waals surface area contributed by atoms with Crippen LogP contribution in [0.5, 0.6) is 0 Å². The van der Waals surface area contributed by atoms with E-state index in [4.69, 9.17) is 15.5 Å². The van der Waals surface area contributed by atoms with Crippen LogP contribution in [0.3, 0.4) is 0 Å². The molecule has 0 spiro atoms. The van der Waals surface area contributed by atoms with Gasteiger partial charge in [-0.15, -0.1) is 0 Å². The van der Waals surface area contributed by atoms with E-state index in [-0.39, 0.29) is 6.42 Å². The average Bonchev–Trinajstić information content (AvgIpc) is 3.17. The fourth-order valence-electron chi connectivity index (χ4n) is 3.18. The Labute approximate surface area is 168 Å². The summed E-state index contributed by atoms with van der Waals surface area (Å²) in [5, 5.41) is 31.9. The highest BCUT2D eigenvalue weighted by atomic mass is 16.3. The fraction of sp³-hybridized carbons (Fsp3) is 0.0870. The first-order chi connectivity index (χ1) is 14.1. The molecule has 140 valence electrons. The molecule has 6 nitrogen and oxygen atoms in total. The van der Waals surface area contributed by atoms with Gasteiger partial charge in [0.1, 0.15) is 5.82 Å². The van der Waals surface area contributed by atoms with E-state index >= 15 is 0 Å². The van der Waals surface area contributed by atoms with Crippen LogP contribution in [-0.4, -0.2) is 20.4 Å². The lowest BCUT2D eigenvalue weighted by Gasteiger charge is -2.26. The van der Waals surface area contributed by atoms with E-state index in [2.05, 4.69) is 17.5 Å². The van der Waals surface area contributed by atoms with Gasteiger partial charge in [-0.3, -0.25) is 0 Å². The predicted octanol–water partition coefficient (Wildman–Crippen LogP) is 3.19. The fourth-order valence-corrected chi connectivity index (χ4v) is 3.18. The Hall–Kier alpha value is -4.13. The number of hydrogen-bond acceptors (Lipinski definition) is 5. The summed E-state index contributed by atoms with van der Waals surface area (Å²) in [6.07, 6.45) is 9.10. The molecule has 2 aromatic carbocycles. The smallest absolute Gasteiger partial charge is 0.161 e. The standard InChI is InChI=1S/C23H17N5O/c24-14-17-3-7-19(8-4-17)21-16-28(20-9-5-18(15-25)6-10-20)22(27-21)13-23(29)11-1-2-12-26-23/h1-12,16,26,29H,13H2. The van der Waals surface area contributed by atoms with Crippen molar-refractivity contribution < 1.29 is 5.11 Å². The van der Waals surface area contributed by atoms with Gasteiger partial charge in [0.15, 0.2) is 5.72 Å². The van der Waals surface area contributed by atoms with E-state index in [0.717, 1.165) is 16.9 Å². The number of allylic oxidation sites excluding steroid dienone is 2. The maximum absolute atomic E-state index is 10.8. The third-order valence-electron chi connectivity index (χ3n) is 4.70. The summed E-state index contributed by atoms with van der Waals surface area (Å²) in [5.41, 5.74) is 2.35. The molecule has 3 aromatic rings. The highest BCUT2D eigenvalue weighted by Gasteiger charge is 2.27. The molecule has 0 saturated heterocycles. The summed E-state index contributed by atoms with van der Waals surface area (Å²) >= 11 is 0. The van der Waals surface area contributed by atoms with Gasteiger partial charge in [-0.05, 0) is 54.8 Å². The summed E-state index contributed by atoms with van der Waals surface area (Å²) in [7, 11) is 0. The Morgan fingerprint density at radius 3 is 2.21 bits per heavy atom. The first-order valence-corrected chi connectivity index (χ1v) is 9.04. The zero-order valence-corrected chi connectivity index (χ0v) is 15.4. The molecule has 0 bridgehead atoms. The van der Waals surface area contributed by atoms with E-state index in [9.17, 15) is 5.11 Å². The summed E-state index contributed by atoms with van der Waals surface area (Å²) in [4.78, 5) is 4.75. The second-order valence-corrected chi connectivity index (χ2v) is 6.72. The van der Waals surface area contributed by atoms with Crippen LogP contribution in [0.4, 0.5) is 0 Å². The summed E-state index contributed by atoms with van der Waals surface area (Å²) in [6, 6.07) is 18.6. The van der Waals surface area contributed by atoms with Crippen LogP contribution in [0.2, 0.25) is 0 Å². The molecule has 2 heterocycles. The predicted molar refractivity (Wildman–Crippen MR) is 108 cm³/mol. The first kappa shape index (κ1) is 18.2. The van der Waals surface area contributed by atoms with E-state index in [0.29, 0.717) is 17.0 Å². The minimum absolute atomic E-state index is 0.240. The Morgan fingerprint density at radius 2 is 1.62 bits per heavy atom. The van der Waals surface area contributed by atoms with Crippen molar-refractivity contribution >= 4 is 0 Å². The highest BCUT2D eigenvalue weighted by molar-refractivity contribution is 5.61. The average molecular weight is 379 g/mol. The number of aliphatic hydroxyl groups is 1. The molecule has 1 unspecified atom stereocenters. The van der Waals surface area contributed by atoms with Gasteiger partial charge >= 0.3 is 0 Å². The normalized spacial score (nSPS) is 17.3. The van der Waals surface area contributed by atoms with Crippen LogP contribution in [-0.2, 0) is 6.42 Å². The summed E-state index contributed by atoms with van der Waals surface area (Å²) in [6.45, 7) is 0. The molecule has 1 atom stereocenters. The van der Waals surface area contributed by atoms with Crippen LogP contribution < -0.4 is 5.32 Å². The molecular formula is C23H17N5O. The molecule has 1 aliphatic heterocycles. The maximum atomic E-state index is 10.8. The summed E-state index contributed by atoms with van der Waals surface area (Å²) < 4.78 is 1.90. The molecule has 1 aromatic heterocycles. The lowest BCUT2D eigenvalue weighted by atomic mass is 10.1. The lowest BCUT2D eigenvalue weighted by Crippen LogP contribution is -2.43. The van der Waals surface area contributed by atoms with Gasteiger partial charge < -0.3 is 15.0 Å². The van der Waals surface area contributed by atoms with E-state index in [1.54, 1.807) is 42.6 Å². The Balaban J connectivity index is 1.77. The number of imidazole rings is 1. The minimum Gasteiger partial charge on any atom is -0.367 e. The van der Waals surface area contributed by atoms with Crippen molar-refractivity contribution in [2.24, 2.45) is 0 Å². The Bertz CT molecular complexity index is 1170. The van der Waals surface area contributed by atoms with Crippen LogP contribution in [0.15, 0.2) is 79.2 Å². The van der Waals surface area contributed by atoms with Gasteiger partial charge in [0.05, 0.1) is 35.4 Å². The van der Waals surface area contributed by atoms with Crippen molar-refractivity contribution in [2.75, 3.05) is 0 Å². The zero-order valence-electron chi connectivity index (χ0n) is 15.4. The maximum Gasteiger partial charge on any atom is 0.161 e. The molecule has 0 fully saturated rings. The van der Waals surface area contributed by atoms with Crippen molar-refractivity contribution in [1.29, 1.82) is 10.5 Å². The molecule has 0 amide bonds. The van der Waals surface area contributed by atoms with Crippen molar-refractivity contribution in [3.8, 4) is 29.1 Å². The van der Waals surface area contributed by atoms with Crippen LogP contribution in [0.25, 0.3) is 16.9 Å². The largest absolute Gasteiger partial charge is 0.367 e. The quantitative estimate of drug-likeness (QED) is 0.725. The number of rotatable bonds is 4. The van der Waals surface area contributed by atoms with E-state index < -0.39 is 5.72 Å². The molecule has 0 aliphatic carbocycles. The Morgan fingerprint density at radius 1 is 0.966 bits per heavy atom. The molecule has 6 heteroatoms. The van der Waals surface area contributed by atoms with Crippen molar-refractivity contribution in [2.45, 2.75) is 12.1 Å². The number of nitrogens with zero attached hydrogens (tertiary/aromatic N) is 4. The molecule has 29 heavy (non-hydrogen) atoms. The SMILES string of the molecule is N#Cc1ccc(-c2cn(-c3ccc(C#N)cc3)c(CC3(O)C=CC=CN3)n2)cc1. The Kier molecular flexibility index (Phi) is 4.70. The first-order valence-electron chi connectivity index (χ1n) is 9.04. The number of benzene rings is 2. The third kappa shape index (κ3) is 3.79. The monoisotopic (exact) mass is 379 g/mol. The van der Waals surface area contributed by atoms with Crippen molar-refractivity contribution in [3.63, 3.8) is 0 Å². The second kappa shape index (κ2) is 7.47. The molecule has 1 aliphatic rings. The topological polar surface area (TPSA) is 97.7 Å². The number of aromatic nitrogens is 2. The molecule has 4 rings (SSSR count). The molecule has 0 radical (unpaired) electrons. The van der Waals surface area contributed by atoms with Crippen LogP contribution in [0, 0.1) is 22.7 Å². The zero-order chi connectivity index (χ0) is 20.3. The van der Waals surface area contributed by atoms with Crippen molar-refractivity contribution in [1.82, 2.24) is 14.9 Å². The van der Waals surface area contributed by atoms with Gasteiger partial charge in [-0.2, -0.15) is 10.5 Å². The summed E-state index contributed by atoms with van der Waals surface area (Å²) in [5.74, 6) is 0.656. The number of dihydropyridines is 1. The lowest BCUT2D eigenvalue weighted by molar-refractivity contribution is 0.0657. The van der Waals surface area contributed by atoms with Gasteiger partial charge in [0.2, 0.25) is 0 Å². The number of nitrogens with one attached hydrogen (secondary N) is 1. The van der Waals surface area contributed by atoms with Gasteiger partial charge in [0, 0.05) is 17.4 Å². The molecule has 2 N–H and O–H groups in total. The number of hydrogen-bond donors (Lipinski definition) is 2.